The molecule has 1 amide bonds. The number of carbonyl (C=O) groups is 1. The Labute approximate surface area is 227 Å². The van der Waals surface area contributed by atoms with Crippen molar-refractivity contribution in [3.05, 3.63) is 63.0 Å². The highest BCUT2D eigenvalue weighted by Gasteiger charge is 2.24. The number of nitrogens with zero attached hydrogens (tertiary/aromatic N) is 1. The van der Waals surface area contributed by atoms with Crippen molar-refractivity contribution in [1.29, 1.82) is 0 Å². The Morgan fingerprint density at radius 2 is 1.68 bits per heavy atom. The maximum Gasteiger partial charge on any atom is 0.305 e. The SMILES string of the molecule is O=C(CCNCCc1ccc(F)cc1)N(CCNCCc1ccc(O)c2[nH]c(=O)sc12)C1CCCCCC1. The summed E-state index contributed by atoms with van der Waals surface area (Å²) in [6, 6.07) is 10.4. The molecule has 1 aliphatic carbocycles. The number of phenolic OH excluding ortho intramolecular Hbond substituents is 1. The van der Waals surface area contributed by atoms with E-state index in [9.17, 15) is 19.1 Å². The number of thiazole rings is 1. The summed E-state index contributed by atoms with van der Waals surface area (Å²) in [5, 5.41) is 16.8. The van der Waals surface area contributed by atoms with E-state index in [1.165, 1.54) is 37.8 Å². The predicted molar refractivity (Wildman–Crippen MR) is 151 cm³/mol. The molecule has 206 valence electrons. The summed E-state index contributed by atoms with van der Waals surface area (Å²) in [7, 11) is 0. The summed E-state index contributed by atoms with van der Waals surface area (Å²) >= 11 is 1.12. The fourth-order valence-electron chi connectivity index (χ4n) is 5.25. The molecule has 0 spiro atoms. The Morgan fingerprint density at radius 3 is 2.45 bits per heavy atom. The first-order chi connectivity index (χ1) is 18.5. The number of benzene rings is 2. The quantitative estimate of drug-likeness (QED) is 0.190. The van der Waals surface area contributed by atoms with E-state index in [1.54, 1.807) is 18.2 Å². The van der Waals surface area contributed by atoms with Gasteiger partial charge in [-0.15, -0.1) is 0 Å². The minimum Gasteiger partial charge on any atom is -0.506 e. The molecule has 0 radical (unpaired) electrons. The molecule has 1 heterocycles. The number of carbonyl (C=O) groups excluding carboxylic acids is 1. The van der Waals surface area contributed by atoms with Crippen LogP contribution in [0, 0.1) is 5.82 Å². The Bertz CT molecular complexity index is 1220. The molecule has 0 unspecified atom stereocenters. The van der Waals surface area contributed by atoms with E-state index < -0.39 is 0 Å². The Kier molecular flexibility index (Phi) is 10.7. The molecule has 4 N–H and O–H groups in total. The van der Waals surface area contributed by atoms with Crippen LogP contribution in [0.1, 0.15) is 56.1 Å². The van der Waals surface area contributed by atoms with E-state index in [0.717, 1.165) is 65.9 Å². The van der Waals surface area contributed by atoms with Crippen LogP contribution in [-0.4, -0.2) is 59.7 Å². The van der Waals surface area contributed by atoms with Crippen molar-refractivity contribution in [1.82, 2.24) is 20.5 Å². The lowest BCUT2D eigenvalue weighted by Crippen LogP contribution is -2.45. The number of hydrogen-bond acceptors (Lipinski definition) is 6. The van der Waals surface area contributed by atoms with Crippen LogP contribution < -0.4 is 15.5 Å². The van der Waals surface area contributed by atoms with Crippen LogP contribution in [0.2, 0.25) is 0 Å². The second-order valence-electron chi connectivity index (χ2n) is 10.1. The lowest BCUT2D eigenvalue weighted by atomic mass is 10.1. The topological polar surface area (TPSA) is 97.5 Å². The minimum absolute atomic E-state index is 0.0950. The van der Waals surface area contributed by atoms with Crippen molar-refractivity contribution in [2.75, 3.05) is 32.7 Å². The van der Waals surface area contributed by atoms with Gasteiger partial charge in [0.1, 0.15) is 17.1 Å². The van der Waals surface area contributed by atoms with Gasteiger partial charge in [-0.3, -0.25) is 9.59 Å². The summed E-state index contributed by atoms with van der Waals surface area (Å²) in [5.41, 5.74) is 2.61. The van der Waals surface area contributed by atoms with Crippen molar-refractivity contribution in [2.45, 2.75) is 63.8 Å². The number of halogens is 1. The Morgan fingerprint density at radius 1 is 0.974 bits per heavy atom. The number of fused-ring (bicyclic) bond motifs is 1. The zero-order valence-electron chi connectivity index (χ0n) is 21.9. The van der Waals surface area contributed by atoms with Crippen LogP contribution in [0.25, 0.3) is 10.2 Å². The van der Waals surface area contributed by atoms with Gasteiger partial charge in [-0.05, 0) is 68.1 Å². The fourth-order valence-corrected chi connectivity index (χ4v) is 6.14. The zero-order valence-corrected chi connectivity index (χ0v) is 22.8. The van der Waals surface area contributed by atoms with Crippen LogP contribution in [0.3, 0.4) is 0 Å². The third kappa shape index (κ3) is 8.12. The number of nitrogens with one attached hydrogen (secondary N) is 3. The standard InChI is InChI=1S/C29H39FN4O3S/c30-23-10-7-21(8-11-23)13-16-31-18-15-26(36)34(24-5-3-1-2-4-6-24)20-19-32-17-14-22-9-12-25(35)27-28(22)38-29(37)33-27/h7-12,24,31-32,35H,1-6,13-20H2,(H,33,37). The molecule has 4 rings (SSSR count). The van der Waals surface area contributed by atoms with Crippen molar-refractivity contribution in [3.8, 4) is 5.75 Å². The lowest BCUT2D eigenvalue weighted by Gasteiger charge is -2.32. The van der Waals surface area contributed by atoms with Crippen LogP contribution in [0.4, 0.5) is 4.39 Å². The van der Waals surface area contributed by atoms with Crippen molar-refractivity contribution < 1.29 is 14.3 Å². The highest BCUT2D eigenvalue weighted by molar-refractivity contribution is 7.16. The second kappa shape index (κ2) is 14.4. The highest BCUT2D eigenvalue weighted by Crippen LogP contribution is 2.28. The first-order valence-electron chi connectivity index (χ1n) is 13.8. The summed E-state index contributed by atoms with van der Waals surface area (Å²) in [5.74, 6) is 0.0694. The van der Waals surface area contributed by atoms with E-state index in [2.05, 4.69) is 20.5 Å². The number of aromatic nitrogens is 1. The third-order valence-corrected chi connectivity index (χ3v) is 8.30. The van der Waals surface area contributed by atoms with Gasteiger partial charge in [0.25, 0.3) is 0 Å². The summed E-state index contributed by atoms with van der Waals surface area (Å²) < 4.78 is 13.9. The smallest absolute Gasteiger partial charge is 0.305 e. The summed E-state index contributed by atoms with van der Waals surface area (Å²) in [6.45, 7) is 3.51. The van der Waals surface area contributed by atoms with Gasteiger partial charge < -0.3 is 25.6 Å². The second-order valence-corrected chi connectivity index (χ2v) is 11.1. The number of amides is 1. The molecule has 38 heavy (non-hydrogen) atoms. The molecular weight excluding hydrogens is 503 g/mol. The molecule has 1 fully saturated rings. The van der Waals surface area contributed by atoms with Gasteiger partial charge in [0.05, 0.1) is 4.70 Å². The molecule has 3 aromatic rings. The molecule has 9 heteroatoms. The van der Waals surface area contributed by atoms with Crippen molar-refractivity contribution >= 4 is 27.5 Å². The maximum atomic E-state index is 13.3. The van der Waals surface area contributed by atoms with Crippen LogP contribution in [0.5, 0.6) is 5.75 Å². The lowest BCUT2D eigenvalue weighted by molar-refractivity contribution is -0.133. The largest absolute Gasteiger partial charge is 0.506 e. The van der Waals surface area contributed by atoms with Crippen molar-refractivity contribution in [3.63, 3.8) is 0 Å². The van der Waals surface area contributed by atoms with Gasteiger partial charge in [-0.25, -0.2) is 4.39 Å². The molecule has 0 aliphatic heterocycles. The number of H-pyrrole nitrogens is 1. The van der Waals surface area contributed by atoms with E-state index in [4.69, 9.17) is 0 Å². The van der Waals surface area contributed by atoms with Crippen molar-refractivity contribution in [2.24, 2.45) is 0 Å². The molecular formula is C29H39FN4O3S. The van der Waals surface area contributed by atoms with Gasteiger partial charge in [0.15, 0.2) is 0 Å². The highest BCUT2D eigenvalue weighted by atomic mass is 32.1. The van der Waals surface area contributed by atoms with Gasteiger partial charge in [-0.2, -0.15) is 0 Å². The first-order valence-corrected chi connectivity index (χ1v) is 14.6. The monoisotopic (exact) mass is 542 g/mol. The molecule has 0 saturated heterocycles. The average Bonchev–Trinajstić information content (AvgIpc) is 3.12. The van der Waals surface area contributed by atoms with E-state index in [-0.39, 0.29) is 22.3 Å². The summed E-state index contributed by atoms with van der Waals surface area (Å²) in [4.78, 5) is 29.6. The number of rotatable bonds is 13. The molecule has 0 atom stereocenters. The Balaban J connectivity index is 1.23. The molecule has 2 aromatic carbocycles. The van der Waals surface area contributed by atoms with Crippen LogP contribution >= 0.6 is 11.3 Å². The Hall–Kier alpha value is -2.75. The summed E-state index contributed by atoms with van der Waals surface area (Å²) in [6.07, 6.45) is 8.99. The van der Waals surface area contributed by atoms with E-state index in [0.29, 0.717) is 37.6 Å². The molecule has 1 aliphatic rings. The van der Waals surface area contributed by atoms with Crippen LogP contribution in [0.15, 0.2) is 41.2 Å². The fraction of sp³-hybridized carbons (Fsp3) is 0.517. The molecule has 1 aromatic heterocycles. The van der Waals surface area contributed by atoms with Gasteiger partial charge in [0.2, 0.25) is 5.91 Å². The average molecular weight is 543 g/mol. The van der Waals surface area contributed by atoms with Gasteiger partial charge in [-0.1, -0.05) is 55.2 Å². The molecule has 0 bridgehead atoms. The number of aromatic hydroxyl groups is 1. The minimum atomic E-state index is -0.225. The molecule has 7 nitrogen and oxygen atoms in total. The van der Waals surface area contributed by atoms with E-state index in [1.807, 2.05) is 6.07 Å². The number of aromatic amines is 1. The predicted octanol–water partition coefficient (Wildman–Crippen LogP) is 4.34. The first kappa shape index (κ1) is 28.3. The normalized spacial score (nSPS) is 14.6. The third-order valence-electron chi connectivity index (χ3n) is 7.34. The number of hydrogen-bond donors (Lipinski definition) is 4. The number of phenols is 1. The van der Waals surface area contributed by atoms with E-state index >= 15 is 0 Å². The molecule has 1 saturated carbocycles. The maximum absolute atomic E-state index is 13.3. The van der Waals surface area contributed by atoms with Gasteiger partial charge >= 0.3 is 4.87 Å². The van der Waals surface area contributed by atoms with Gasteiger partial charge in [0, 0.05) is 32.1 Å². The zero-order chi connectivity index (χ0) is 26.7. The van der Waals surface area contributed by atoms with Crippen LogP contribution in [-0.2, 0) is 17.6 Å².